The molecule has 8 heteroatoms. The average molecular weight is 434 g/mol. The van der Waals surface area contributed by atoms with Gasteiger partial charge >= 0.3 is 0 Å². The molecule has 1 N–H and O–H groups in total. The first-order valence-corrected chi connectivity index (χ1v) is 8.66. The number of sulfonamides is 1. The number of hydrogen-bond acceptors (Lipinski definition) is 4. The fourth-order valence-electron chi connectivity index (χ4n) is 1.56. The Hall–Kier alpha value is -1.38. The molecule has 0 fully saturated rings. The predicted molar refractivity (Wildman–Crippen MR) is 83.4 cm³/mol. The molecule has 5 nitrogen and oxygen atoms in total. The normalized spacial score (nSPS) is 11.1. The Kier molecular flexibility index (Phi) is 4.70. The highest BCUT2D eigenvalue weighted by Gasteiger charge is 2.18. The van der Waals surface area contributed by atoms with Gasteiger partial charge in [0.1, 0.15) is 4.90 Å². The fraction of sp³-hybridized carbons (Fsp3) is 0. The van der Waals surface area contributed by atoms with Crippen LogP contribution in [0.1, 0.15) is 10.4 Å². The minimum Gasteiger partial charge on any atom is -0.545 e. The summed E-state index contributed by atoms with van der Waals surface area (Å²) in [4.78, 5) is 10.7. The Balaban J connectivity index is 2.41. The summed E-state index contributed by atoms with van der Waals surface area (Å²) in [5.74, 6) is -1.44. The van der Waals surface area contributed by atoms with Crippen molar-refractivity contribution in [1.82, 2.24) is 0 Å². The molecule has 0 saturated carbocycles. The third kappa shape index (κ3) is 3.84. The predicted octanol–water partition coefficient (Wildman–Crippen LogP) is 2.38. The Labute approximate surface area is 138 Å². The van der Waals surface area contributed by atoms with Crippen molar-refractivity contribution in [3.63, 3.8) is 0 Å². The van der Waals surface area contributed by atoms with Crippen LogP contribution in [0.25, 0.3) is 0 Å². The molecule has 0 amide bonds. The van der Waals surface area contributed by atoms with Gasteiger partial charge in [-0.2, -0.15) is 0 Å². The fourth-order valence-corrected chi connectivity index (χ4v) is 3.88. The van der Waals surface area contributed by atoms with Crippen molar-refractivity contribution in [3.8, 4) is 0 Å². The molecule has 0 spiro atoms. The zero-order chi connectivity index (χ0) is 15.6. The maximum Gasteiger partial charge on any atom is 0.263 e. The molecule has 2 aromatic rings. The van der Waals surface area contributed by atoms with E-state index in [1.165, 1.54) is 12.1 Å². The molecule has 0 bridgehead atoms. The summed E-state index contributed by atoms with van der Waals surface area (Å²) < 4.78 is 28.1. The first-order chi connectivity index (χ1) is 9.79. The Bertz CT molecular complexity index is 788. The van der Waals surface area contributed by atoms with Crippen LogP contribution >= 0.6 is 31.9 Å². The van der Waals surface area contributed by atoms with Crippen LogP contribution in [-0.4, -0.2) is 14.4 Å². The van der Waals surface area contributed by atoms with Crippen LogP contribution in [-0.2, 0) is 10.0 Å². The van der Waals surface area contributed by atoms with E-state index in [1.807, 2.05) is 0 Å². The Morgan fingerprint density at radius 3 is 2.24 bits per heavy atom. The molecule has 2 rings (SSSR count). The van der Waals surface area contributed by atoms with Crippen LogP contribution in [0.3, 0.4) is 0 Å². The summed E-state index contributed by atoms with van der Waals surface area (Å²) >= 11 is 6.35. The SMILES string of the molecule is O=C([O-])c1ccc(Br)c(S(=O)(=O)Nc2ccc(Br)cc2)c1. The van der Waals surface area contributed by atoms with Crippen LogP contribution < -0.4 is 9.83 Å². The van der Waals surface area contributed by atoms with Gasteiger partial charge in [-0.3, -0.25) is 4.72 Å². The number of nitrogens with one attached hydrogen (secondary N) is 1. The molecule has 0 saturated heterocycles. The van der Waals surface area contributed by atoms with E-state index >= 15 is 0 Å². The van der Waals surface area contributed by atoms with E-state index < -0.39 is 16.0 Å². The first kappa shape index (κ1) is 16.0. The molecule has 0 radical (unpaired) electrons. The highest BCUT2D eigenvalue weighted by Crippen LogP contribution is 2.26. The average Bonchev–Trinajstić information content (AvgIpc) is 2.41. The minimum atomic E-state index is -3.92. The summed E-state index contributed by atoms with van der Waals surface area (Å²) in [7, 11) is -3.92. The van der Waals surface area contributed by atoms with Gasteiger partial charge < -0.3 is 9.90 Å². The van der Waals surface area contributed by atoms with Crippen molar-refractivity contribution >= 4 is 53.5 Å². The Morgan fingerprint density at radius 2 is 1.67 bits per heavy atom. The van der Waals surface area contributed by atoms with Crippen molar-refractivity contribution < 1.29 is 18.3 Å². The number of rotatable bonds is 4. The minimum absolute atomic E-state index is 0.174. The number of carbonyl (C=O) groups is 1. The topological polar surface area (TPSA) is 86.3 Å². The second kappa shape index (κ2) is 6.17. The lowest BCUT2D eigenvalue weighted by atomic mass is 10.2. The monoisotopic (exact) mass is 432 g/mol. The second-order valence-electron chi connectivity index (χ2n) is 4.05. The van der Waals surface area contributed by atoms with Crippen molar-refractivity contribution in [2.24, 2.45) is 0 Å². The van der Waals surface area contributed by atoms with E-state index in [1.54, 1.807) is 24.3 Å². The number of halogens is 2. The van der Waals surface area contributed by atoms with E-state index in [0.717, 1.165) is 10.5 Å². The van der Waals surface area contributed by atoms with Gasteiger partial charge in [0.15, 0.2) is 0 Å². The molecule has 0 atom stereocenters. The number of carboxylic acids is 1. The highest BCUT2D eigenvalue weighted by molar-refractivity contribution is 9.10. The highest BCUT2D eigenvalue weighted by atomic mass is 79.9. The number of carboxylic acid groups (broad SMARTS) is 1. The van der Waals surface area contributed by atoms with E-state index in [-0.39, 0.29) is 14.9 Å². The second-order valence-corrected chi connectivity index (χ2v) is 7.47. The van der Waals surface area contributed by atoms with Crippen molar-refractivity contribution in [2.75, 3.05) is 4.72 Å². The Morgan fingerprint density at radius 1 is 1.05 bits per heavy atom. The van der Waals surface area contributed by atoms with Gasteiger partial charge in [0.2, 0.25) is 0 Å². The van der Waals surface area contributed by atoms with Gasteiger partial charge in [0.25, 0.3) is 10.0 Å². The molecular formula is C13H8Br2NO4S-. The summed E-state index contributed by atoms with van der Waals surface area (Å²) in [5.41, 5.74) is 0.151. The van der Waals surface area contributed by atoms with Gasteiger partial charge in [-0.15, -0.1) is 0 Å². The maximum atomic E-state index is 12.3. The smallest absolute Gasteiger partial charge is 0.263 e. The van der Waals surface area contributed by atoms with E-state index in [9.17, 15) is 18.3 Å². The molecule has 0 aromatic heterocycles. The van der Waals surface area contributed by atoms with Gasteiger partial charge in [0.05, 0.1) is 5.97 Å². The lowest BCUT2D eigenvalue weighted by molar-refractivity contribution is -0.255. The van der Waals surface area contributed by atoms with Crippen molar-refractivity contribution in [3.05, 3.63) is 57.0 Å². The van der Waals surface area contributed by atoms with E-state index in [4.69, 9.17) is 0 Å². The summed E-state index contributed by atoms with van der Waals surface area (Å²) in [6, 6.07) is 10.2. The largest absolute Gasteiger partial charge is 0.545 e. The molecule has 0 heterocycles. The summed E-state index contributed by atoms with van der Waals surface area (Å²) in [6.45, 7) is 0. The maximum absolute atomic E-state index is 12.3. The quantitative estimate of drug-likeness (QED) is 0.801. The summed E-state index contributed by atoms with van der Waals surface area (Å²) in [6.07, 6.45) is 0. The van der Waals surface area contributed by atoms with Gasteiger partial charge in [0, 0.05) is 14.6 Å². The standard InChI is InChI=1S/C13H9Br2NO4S/c14-9-2-4-10(5-3-9)16-21(19,20)12-7-8(13(17)18)1-6-11(12)15/h1-7,16H,(H,17,18)/p-1. The van der Waals surface area contributed by atoms with Crippen LogP contribution in [0.4, 0.5) is 5.69 Å². The molecule has 0 unspecified atom stereocenters. The number of hydrogen-bond donors (Lipinski definition) is 1. The first-order valence-electron chi connectivity index (χ1n) is 5.59. The molecule has 21 heavy (non-hydrogen) atoms. The van der Waals surface area contributed by atoms with Crippen molar-refractivity contribution in [2.45, 2.75) is 4.90 Å². The van der Waals surface area contributed by atoms with Crippen LogP contribution in [0.5, 0.6) is 0 Å². The van der Waals surface area contributed by atoms with Crippen LogP contribution in [0.15, 0.2) is 56.3 Å². The molecule has 110 valence electrons. The van der Waals surface area contributed by atoms with Crippen LogP contribution in [0.2, 0.25) is 0 Å². The van der Waals surface area contributed by atoms with E-state index in [2.05, 4.69) is 36.6 Å². The third-order valence-electron chi connectivity index (χ3n) is 2.55. The lowest BCUT2D eigenvalue weighted by Crippen LogP contribution is -2.23. The van der Waals surface area contributed by atoms with Gasteiger partial charge in [-0.05, 0) is 57.9 Å². The number of carbonyl (C=O) groups excluding carboxylic acids is 1. The zero-order valence-corrected chi connectivity index (χ0v) is 14.3. The van der Waals surface area contributed by atoms with Gasteiger partial charge in [-0.1, -0.05) is 22.0 Å². The lowest BCUT2D eigenvalue weighted by Gasteiger charge is -2.11. The molecule has 0 aliphatic carbocycles. The van der Waals surface area contributed by atoms with Gasteiger partial charge in [-0.25, -0.2) is 8.42 Å². The molecular weight excluding hydrogens is 426 g/mol. The zero-order valence-electron chi connectivity index (χ0n) is 10.3. The number of benzene rings is 2. The van der Waals surface area contributed by atoms with Crippen molar-refractivity contribution in [1.29, 1.82) is 0 Å². The number of aromatic carboxylic acids is 1. The molecule has 2 aromatic carbocycles. The molecule has 0 aliphatic heterocycles. The number of anilines is 1. The van der Waals surface area contributed by atoms with Crippen LogP contribution in [0, 0.1) is 0 Å². The molecule has 0 aliphatic rings. The third-order valence-corrected chi connectivity index (χ3v) is 5.46. The van der Waals surface area contributed by atoms with E-state index in [0.29, 0.717) is 5.69 Å². The summed E-state index contributed by atoms with van der Waals surface area (Å²) in [5, 5.41) is 10.8.